The summed E-state index contributed by atoms with van der Waals surface area (Å²) in [4.78, 5) is 10.8. The summed E-state index contributed by atoms with van der Waals surface area (Å²) in [5.74, 6) is 0.152. The van der Waals surface area contributed by atoms with Gasteiger partial charge >= 0.3 is 5.97 Å². The predicted molar refractivity (Wildman–Crippen MR) is 75.1 cm³/mol. The van der Waals surface area contributed by atoms with Gasteiger partial charge in [0.25, 0.3) is 0 Å². The molecular weight excluding hydrogens is 242 g/mol. The Morgan fingerprint density at radius 3 is 2.53 bits per heavy atom. The maximum atomic E-state index is 10.8. The van der Waals surface area contributed by atoms with Crippen LogP contribution in [-0.4, -0.2) is 23.7 Å². The van der Waals surface area contributed by atoms with Crippen molar-refractivity contribution in [1.82, 2.24) is 5.32 Å². The smallest absolute Gasteiger partial charge is 0.308 e. The number of aliphatic hydroxyl groups is 1. The summed E-state index contributed by atoms with van der Waals surface area (Å²) in [5.41, 5.74) is 0.812. The SMILES string of the molecule is CCC[C@@H](C)NC[C@H](O)c1ccc(OC(C)=O)cc1. The van der Waals surface area contributed by atoms with E-state index in [9.17, 15) is 9.90 Å². The van der Waals surface area contributed by atoms with Crippen LogP contribution < -0.4 is 10.1 Å². The van der Waals surface area contributed by atoms with Gasteiger partial charge in [0, 0.05) is 19.5 Å². The second-order valence-corrected chi connectivity index (χ2v) is 4.78. The van der Waals surface area contributed by atoms with Gasteiger partial charge in [-0.15, -0.1) is 0 Å². The Hall–Kier alpha value is -1.39. The molecule has 1 aromatic carbocycles. The largest absolute Gasteiger partial charge is 0.427 e. The molecule has 106 valence electrons. The van der Waals surface area contributed by atoms with E-state index in [0.717, 1.165) is 18.4 Å². The topological polar surface area (TPSA) is 58.6 Å². The Labute approximate surface area is 114 Å². The van der Waals surface area contributed by atoms with E-state index in [1.807, 2.05) is 0 Å². The zero-order valence-electron chi connectivity index (χ0n) is 11.8. The van der Waals surface area contributed by atoms with E-state index in [2.05, 4.69) is 19.2 Å². The van der Waals surface area contributed by atoms with Crippen LogP contribution in [0, 0.1) is 0 Å². The lowest BCUT2D eigenvalue weighted by atomic mass is 10.1. The molecule has 0 saturated heterocycles. The van der Waals surface area contributed by atoms with Crippen LogP contribution in [0.25, 0.3) is 0 Å². The highest BCUT2D eigenvalue weighted by molar-refractivity contribution is 5.69. The average molecular weight is 265 g/mol. The standard InChI is InChI=1S/C15H23NO3/c1-4-5-11(2)16-10-15(18)13-6-8-14(9-7-13)19-12(3)17/h6-9,11,15-16,18H,4-5,10H2,1-3H3/t11-,15+/m1/s1. The number of hydrogen-bond donors (Lipinski definition) is 2. The first-order valence-electron chi connectivity index (χ1n) is 6.72. The number of nitrogens with one attached hydrogen (secondary N) is 1. The molecular formula is C15H23NO3. The van der Waals surface area contributed by atoms with Crippen molar-refractivity contribution in [3.05, 3.63) is 29.8 Å². The molecule has 0 saturated carbocycles. The molecule has 2 N–H and O–H groups in total. The van der Waals surface area contributed by atoms with Crippen molar-refractivity contribution in [2.75, 3.05) is 6.54 Å². The van der Waals surface area contributed by atoms with Crippen LogP contribution in [0.2, 0.25) is 0 Å². The summed E-state index contributed by atoms with van der Waals surface area (Å²) in [6.45, 7) is 6.14. The van der Waals surface area contributed by atoms with Gasteiger partial charge < -0.3 is 15.2 Å². The van der Waals surface area contributed by atoms with Gasteiger partial charge in [-0.3, -0.25) is 4.79 Å². The zero-order valence-corrected chi connectivity index (χ0v) is 11.8. The van der Waals surface area contributed by atoms with Gasteiger partial charge in [0.15, 0.2) is 0 Å². The van der Waals surface area contributed by atoms with Crippen molar-refractivity contribution in [3.8, 4) is 5.75 Å². The number of carbonyl (C=O) groups excluding carboxylic acids is 1. The lowest BCUT2D eigenvalue weighted by Gasteiger charge is -2.17. The maximum absolute atomic E-state index is 10.8. The Bertz CT molecular complexity index is 389. The number of carbonyl (C=O) groups is 1. The molecule has 1 rings (SSSR count). The number of hydrogen-bond acceptors (Lipinski definition) is 4. The van der Waals surface area contributed by atoms with Gasteiger partial charge in [0.05, 0.1) is 6.10 Å². The second-order valence-electron chi connectivity index (χ2n) is 4.78. The van der Waals surface area contributed by atoms with Crippen LogP contribution in [-0.2, 0) is 4.79 Å². The monoisotopic (exact) mass is 265 g/mol. The molecule has 4 nitrogen and oxygen atoms in total. The fraction of sp³-hybridized carbons (Fsp3) is 0.533. The van der Waals surface area contributed by atoms with Gasteiger partial charge in [0.2, 0.25) is 0 Å². The van der Waals surface area contributed by atoms with Crippen LogP contribution in [0.1, 0.15) is 45.3 Å². The van der Waals surface area contributed by atoms with Crippen molar-refractivity contribution >= 4 is 5.97 Å². The van der Waals surface area contributed by atoms with Crippen LogP contribution in [0.5, 0.6) is 5.75 Å². The molecule has 0 aliphatic heterocycles. The Morgan fingerprint density at radius 1 is 1.37 bits per heavy atom. The fourth-order valence-electron chi connectivity index (χ4n) is 1.89. The predicted octanol–water partition coefficient (Wildman–Crippen LogP) is 2.42. The second kappa shape index (κ2) is 7.92. The molecule has 0 bridgehead atoms. The first-order chi connectivity index (χ1) is 9.02. The summed E-state index contributed by atoms with van der Waals surface area (Å²) >= 11 is 0. The number of ether oxygens (including phenoxy) is 1. The molecule has 0 aliphatic carbocycles. The van der Waals surface area contributed by atoms with Gasteiger partial charge in [-0.1, -0.05) is 25.5 Å². The minimum absolute atomic E-state index is 0.344. The molecule has 4 heteroatoms. The normalized spacial score (nSPS) is 13.9. The molecule has 0 radical (unpaired) electrons. The lowest BCUT2D eigenvalue weighted by molar-refractivity contribution is -0.131. The third-order valence-electron chi connectivity index (χ3n) is 2.91. The third-order valence-corrected chi connectivity index (χ3v) is 2.91. The van der Waals surface area contributed by atoms with E-state index in [4.69, 9.17) is 4.74 Å². The van der Waals surface area contributed by atoms with Crippen LogP contribution >= 0.6 is 0 Å². The van der Waals surface area contributed by atoms with E-state index in [-0.39, 0.29) is 5.97 Å². The Balaban J connectivity index is 2.48. The average Bonchev–Trinajstić information content (AvgIpc) is 2.36. The van der Waals surface area contributed by atoms with E-state index >= 15 is 0 Å². The summed E-state index contributed by atoms with van der Waals surface area (Å²) in [7, 11) is 0. The minimum Gasteiger partial charge on any atom is -0.427 e. The van der Waals surface area contributed by atoms with Gasteiger partial charge in [0.1, 0.15) is 5.75 Å². The Morgan fingerprint density at radius 2 is 2.00 bits per heavy atom. The molecule has 0 fully saturated rings. The van der Waals surface area contributed by atoms with Crippen LogP contribution in [0.3, 0.4) is 0 Å². The minimum atomic E-state index is -0.550. The molecule has 0 aliphatic rings. The first-order valence-corrected chi connectivity index (χ1v) is 6.72. The van der Waals surface area contributed by atoms with Crippen molar-refractivity contribution in [1.29, 1.82) is 0 Å². The van der Waals surface area contributed by atoms with E-state index < -0.39 is 6.10 Å². The van der Waals surface area contributed by atoms with Crippen molar-refractivity contribution < 1.29 is 14.6 Å². The maximum Gasteiger partial charge on any atom is 0.308 e. The van der Waals surface area contributed by atoms with E-state index in [0.29, 0.717) is 18.3 Å². The first kappa shape index (κ1) is 15.7. The van der Waals surface area contributed by atoms with Crippen molar-refractivity contribution in [3.63, 3.8) is 0 Å². The highest BCUT2D eigenvalue weighted by Crippen LogP contribution is 2.17. The summed E-state index contributed by atoms with van der Waals surface area (Å²) in [5, 5.41) is 13.3. The van der Waals surface area contributed by atoms with E-state index in [1.165, 1.54) is 6.92 Å². The molecule has 0 unspecified atom stereocenters. The number of rotatable bonds is 7. The van der Waals surface area contributed by atoms with Crippen LogP contribution in [0.4, 0.5) is 0 Å². The third kappa shape index (κ3) is 5.85. The number of esters is 1. The number of aliphatic hydroxyl groups excluding tert-OH is 1. The van der Waals surface area contributed by atoms with Crippen molar-refractivity contribution in [2.24, 2.45) is 0 Å². The lowest BCUT2D eigenvalue weighted by Crippen LogP contribution is -2.30. The highest BCUT2D eigenvalue weighted by atomic mass is 16.5. The van der Waals surface area contributed by atoms with Crippen LogP contribution in [0.15, 0.2) is 24.3 Å². The molecule has 0 aromatic heterocycles. The van der Waals surface area contributed by atoms with Gasteiger partial charge in [-0.05, 0) is 31.0 Å². The number of benzene rings is 1. The zero-order chi connectivity index (χ0) is 14.3. The molecule has 19 heavy (non-hydrogen) atoms. The molecule has 1 aromatic rings. The fourth-order valence-corrected chi connectivity index (χ4v) is 1.89. The van der Waals surface area contributed by atoms with E-state index in [1.54, 1.807) is 24.3 Å². The summed E-state index contributed by atoms with van der Waals surface area (Å²) < 4.78 is 4.94. The molecule has 0 spiro atoms. The van der Waals surface area contributed by atoms with Gasteiger partial charge in [-0.25, -0.2) is 0 Å². The summed E-state index contributed by atoms with van der Waals surface area (Å²) in [6, 6.07) is 7.33. The Kier molecular flexibility index (Phi) is 6.53. The molecule has 0 heterocycles. The quantitative estimate of drug-likeness (QED) is 0.587. The highest BCUT2D eigenvalue weighted by Gasteiger charge is 2.09. The van der Waals surface area contributed by atoms with Gasteiger partial charge in [-0.2, -0.15) is 0 Å². The van der Waals surface area contributed by atoms with Crippen molar-refractivity contribution in [2.45, 2.75) is 45.8 Å². The molecule has 2 atom stereocenters. The summed E-state index contributed by atoms with van der Waals surface area (Å²) in [6.07, 6.45) is 1.67. The molecule has 0 amide bonds.